The van der Waals surface area contributed by atoms with E-state index in [1.165, 1.54) is 6.07 Å². The molecule has 0 heterocycles. The van der Waals surface area contributed by atoms with E-state index in [1.807, 2.05) is 0 Å². The van der Waals surface area contributed by atoms with Gasteiger partial charge in [-0.15, -0.1) is 0 Å². The van der Waals surface area contributed by atoms with Gasteiger partial charge in [0.05, 0.1) is 16.9 Å². The molecule has 2 aromatic rings. The van der Waals surface area contributed by atoms with E-state index in [4.69, 9.17) is 5.73 Å². The topological polar surface area (TPSA) is 75.3 Å². The Morgan fingerprint density at radius 2 is 1.95 bits per heavy atom. The monoisotopic (exact) mass is 402 g/mol. The lowest BCUT2D eigenvalue weighted by Gasteiger charge is -2.11. The van der Waals surface area contributed by atoms with Crippen LogP contribution in [-0.4, -0.2) is 11.0 Å². The maximum atomic E-state index is 12.9. The van der Waals surface area contributed by atoms with E-state index in [-0.39, 0.29) is 5.56 Å². The van der Waals surface area contributed by atoms with Gasteiger partial charge in [0.1, 0.15) is 11.6 Å². The molecule has 0 saturated carbocycles. The van der Waals surface area contributed by atoms with Gasteiger partial charge in [-0.3, -0.25) is 4.79 Å². The molecule has 7 heteroatoms. The van der Waals surface area contributed by atoms with Crippen molar-refractivity contribution in [3.05, 3.63) is 50.7 Å². The molecule has 2 rings (SSSR count). The molecule has 0 spiro atoms. The molecule has 0 aliphatic carbocycles. The van der Waals surface area contributed by atoms with Crippen LogP contribution in [0.25, 0.3) is 0 Å². The first-order valence-electron chi connectivity index (χ1n) is 5.43. The van der Waals surface area contributed by atoms with E-state index < -0.39 is 17.5 Å². The number of rotatable bonds is 2. The lowest BCUT2D eigenvalue weighted by atomic mass is 10.1. The highest BCUT2D eigenvalue weighted by Gasteiger charge is 2.15. The molecule has 104 valence electrons. The minimum absolute atomic E-state index is 0.0411. The Labute approximate surface area is 131 Å². The van der Waals surface area contributed by atoms with Gasteiger partial charge in [0.2, 0.25) is 0 Å². The second kappa shape index (κ2) is 5.80. The van der Waals surface area contributed by atoms with Crippen molar-refractivity contribution < 1.29 is 14.3 Å². The van der Waals surface area contributed by atoms with Crippen LogP contribution in [0.1, 0.15) is 10.4 Å². The van der Waals surface area contributed by atoms with Crippen molar-refractivity contribution in [2.24, 2.45) is 0 Å². The lowest BCUT2D eigenvalue weighted by Crippen LogP contribution is -2.14. The molecule has 0 aliphatic rings. The summed E-state index contributed by atoms with van der Waals surface area (Å²) in [5.41, 5.74) is 6.50. The molecule has 0 unspecified atom stereocenters. The van der Waals surface area contributed by atoms with E-state index in [1.54, 1.807) is 12.1 Å². The Morgan fingerprint density at radius 1 is 1.25 bits per heavy atom. The number of carbonyl (C=O) groups is 1. The van der Waals surface area contributed by atoms with Gasteiger partial charge in [-0.25, -0.2) is 4.39 Å². The zero-order valence-electron chi connectivity index (χ0n) is 9.95. The second-order valence-corrected chi connectivity index (χ2v) is 5.74. The van der Waals surface area contributed by atoms with Crippen LogP contribution in [0.4, 0.5) is 15.8 Å². The standard InChI is InChI=1S/C13H9Br2FN2O2/c14-6-3-9(15)12(10(17)4-6)18-13(20)8-2-1-7(16)5-11(8)19/h1-5,19H,17H2,(H,18,20). The highest BCUT2D eigenvalue weighted by Crippen LogP contribution is 2.33. The number of carbonyl (C=O) groups excluding carboxylic acids is 1. The molecule has 0 atom stereocenters. The Balaban J connectivity index is 2.33. The van der Waals surface area contributed by atoms with Gasteiger partial charge in [-0.1, -0.05) is 15.9 Å². The summed E-state index contributed by atoms with van der Waals surface area (Å²) in [6.45, 7) is 0. The quantitative estimate of drug-likeness (QED) is 0.666. The van der Waals surface area contributed by atoms with Gasteiger partial charge >= 0.3 is 0 Å². The molecule has 0 saturated heterocycles. The Bertz CT molecular complexity index is 669. The number of nitrogens with two attached hydrogens (primary N) is 1. The number of hydrogen-bond donors (Lipinski definition) is 3. The van der Waals surface area contributed by atoms with Crippen LogP contribution in [0.2, 0.25) is 0 Å². The van der Waals surface area contributed by atoms with Crippen LogP contribution in [0.5, 0.6) is 5.75 Å². The molecule has 0 aromatic heterocycles. The van der Waals surface area contributed by atoms with E-state index in [0.717, 1.165) is 16.6 Å². The van der Waals surface area contributed by atoms with Crippen LogP contribution in [0, 0.1) is 5.82 Å². The first-order valence-corrected chi connectivity index (χ1v) is 7.01. The zero-order valence-corrected chi connectivity index (χ0v) is 13.1. The number of amides is 1. The fraction of sp³-hybridized carbons (Fsp3) is 0. The normalized spacial score (nSPS) is 10.3. The number of phenols is 1. The smallest absolute Gasteiger partial charge is 0.259 e. The average molecular weight is 404 g/mol. The number of hydrogen-bond acceptors (Lipinski definition) is 3. The number of aromatic hydroxyl groups is 1. The van der Waals surface area contributed by atoms with Gasteiger partial charge in [0.15, 0.2) is 0 Å². The summed E-state index contributed by atoms with van der Waals surface area (Å²) in [6, 6.07) is 6.51. The SMILES string of the molecule is Nc1cc(Br)cc(Br)c1NC(=O)c1ccc(F)cc1O. The molecule has 20 heavy (non-hydrogen) atoms. The molecule has 0 bridgehead atoms. The molecule has 4 N–H and O–H groups in total. The van der Waals surface area contributed by atoms with Crippen molar-refractivity contribution in [1.82, 2.24) is 0 Å². The molecule has 1 amide bonds. The van der Waals surface area contributed by atoms with Crippen molar-refractivity contribution in [2.75, 3.05) is 11.1 Å². The van der Waals surface area contributed by atoms with Crippen LogP contribution in [0.15, 0.2) is 39.3 Å². The summed E-state index contributed by atoms with van der Waals surface area (Å²) in [4.78, 5) is 12.1. The van der Waals surface area contributed by atoms with Crippen molar-refractivity contribution in [3.8, 4) is 5.75 Å². The molecule has 2 aromatic carbocycles. The second-order valence-electron chi connectivity index (χ2n) is 3.97. The van der Waals surface area contributed by atoms with Crippen molar-refractivity contribution in [2.45, 2.75) is 0 Å². The fourth-order valence-corrected chi connectivity index (χ4v) is 2.96. The van der Waals surface area contributed by atoms with Crippen molar-refractivity contribution >= 4 is 49.1 Å². The van der Waals surface area contributed by atoms with E-state index >= 15 is 0 Å². The molecule has 0 aliphatic heterocycles. The first-order chi connectivity index (χ1) is 9.38. The summed E-state index contributed by atoms with van der Waals surface area (Å²) in [5.74, 6) is -1.64. The highest BCUT2D eigenvalue weighted by molar-refractivity contribution is 9.11. The van der Waals surface area contributed by atoms with Gasteiger partial charge in [-0.2, -0.15) is 0 Å². The molecular weight excluding hydrogens is 395 g/mol. The fourth-order valence-electron chi connectivity index (χ4n) is 1.60. The maximum absolute atomic E-state index is 12.9. The minimum atomic E-state index is -0.622. The highest BCUT2D eigenvalue weighted by atomic mass is 79.9. The van der Waals surface area contributed by atoms with E-state index in [9.17, 15) is 14.3 Å². The molecular formula is C13H9Br2FN2O2. The van der Waals surface area contributed by atoms with Crippen molar-refractivity contribution in [1.29, 1.82) is 0 Å². The Morgan fingerprint density at radius 3 is 2.55 bits per heavy atom. The van der Waals surface area contributed by atoms with Gasteiger partial charge in [-0.05, 0) is 40.2 Å². The van der Waals surface area contributed by atoms with Crippen LogP contribution >= 0.6 is 31.9 Å². The maximum Gasteiger partial charge on any atom is 0.259 e. The third kappa shape index (κ3) is 3.10. The number of anilines is 2. The predicted molar refractivity (Wildman–Crippen MR) is 82.3 cm³/mol. The van der Waals surface area contributed by atoms with E-state index in [2.05, 4.69) is 37.2 Å². The first kappa shape index (κ1) is 14.8. The number of nitrogens with one attached hydrogen (secondary N) is 1. The van der Waals surface area contributed by atoms with Gasteiger partial charge in [0, 0.05) is 15.0 Å². The molecule has 4 nitrogen and oxygen atoms in total. The lowest BCUT2D eigenvalue weighted by molar-refractivity contribution is 0.102. The van der Waals surface area contributed by atoms with Crippen LogP contribution < -0.4 is 11.1 Å². The summed E-state index contributed by atoms with van der Waals surface area (Å²) in [5, 5.41) is 12.1. The largest absolute Gasteiger partial charge is 0.507 e. The van der Waals surface area contributed by atoms with Crippen LogP contribution in [0.3, 0.4) is 0 Å². The van der Waals surface area contributed by atoms with Gasteiger partial charge in [0.25, 0.3) is 5.91 Å². The average Bonchev–Trinajstić information content (AvgIpc) is 2.33. The minimum Gasteiger partial charge on any atom is -0.507 e. The number of phenolic OH excluding ortho intramolecular Hbond substituents is 1. The third-order valence-corrected chi connectivity index (χ3v) is 3.61. The molecule has 0 fully saturated rings. The Hall–Kier alpha value is -1.60. The third-order valence-electron chi connectivity index (χ3n) is 2.53. The summed E-state index contributed by atoms with van der Waals surface area (Å²) in [7, 11) is 0. The van der Waals surface area contributed by atoms with Crippen LogP contribution in [-0.2, 0) is 0 Å². The summed E-state index contributed by atoms with van der Waals surface area (Å²) >= 11 is 6.56. The summed E-state index contributed by atoms with van der Waals surface area (Å²) < 4.78 is 14.2. The number of benzene rings is 2. The zero-order chi connectivity index (χ0) is 14.9. The number of nitrogen functional groups attached to an aromatic ring is 1. The summed E-state index contributed by atoms with van der Waals surface area (Å²) in [6.07, 6.45) is 0. The predicted octanol–water partition coefficient (Wildman–Crippen LogP) is 3.89. The van der Waals surface area contributed by atoms with Crippen molar-refractivity contribution in [3.63, 3.8) is 0 Å². The van der Waals surface area contributed by atoms with Gasteiger partial charge < -0.3 is 16.2 Å². The molecule has 0 radical (unpaired) electrons. The Kier molecular flexibility index (Phi) is 4.29. The van der Waals surface area contributed by atoms with E-state index in [0.29, 0.717) is 15.8 Å². The number of halogens is 3.